The molecule has 0 saturated heterocycles. The van der Waals surface area contributed by atoms with Gasteiger partial charge in [0.15, 0.2) is 12.0 Å². The molecule has 1 heterocycles. The van der Waals surface area contributed by atoms with Crippen molar-refractivity contribution in [1.29, 1.82) is 0 Å². The highest BCUT2D eigenvalue weighted by Crippen LogP contribution is 2.26. The van der Waals surface area contributed by atoms with E-state index < -0.39 is 0 Å². The van der Waals surface area contributed by atoms with E-state index in [-0.39, 0.29) is 5.82 Å². The van der Waals surface area contributed by atoms with E-state index in [1.165, 1.54) is 5.56 Å². The first-order valence-corrected chi connectivity index (χ1v) is 7.38. The lowest BCUT2D eigenvalue weighted by Gasteiger charge is -2.08. The number of hydrogen-bond acceptors (Lipinski definition) is 0. The van der Waals surface area contributed by atoms with Crippen molar-refractivity contribution in [3.05, 3.63) is 77.7 Å². The van der Waals surface area contributed by atoms with Crippen molar-refractivity contribution in [2.75, 3.05) is 0 Å². The van der Waals surface area contributed by atoms with E-state index in [9.17, 15) is 4.39 Å². The van der Waals surface area contributed by atoms with Gasteiger partial charge in [-0.1, -0.05) is 48.0 Å². The molecular formula is C20H19FN+. The van der Waals surface area contributed by atoms with Crippen LogP contribution in [0.1, 0.15) is 11.1 Å². The number of rotatable bonds is 2. The Hall–Kier alpha value is -2.48. The molecule has 0 aliphatic carbocycles. The molecule has 0 spiro atoms. The summed E-state index contributed by atoms with van der Waals surface area (Å²) in [5.41, 5.74) is 5.71. The van der Waals surface area contributed by atoms with Crippen LogP contribution < -0.4 is 4.57 Å². The Labute approximate surface area is 130 Å². The van der Waals surface area contributed by atoms with E-state index in [1.54, 1.807) is 6.07 Å². The van der Waals surface area contributed by atoms with Gasteiger partial charge in [-0.2, -0.15) is 8.96 Å². The Morgan fingerprint density at radius 2 is 1.64 bits per heavy atom. The lowest BCUT2D eigenvalue weighted by atomic mass is 10.0. The molecule has 0 N–H and O–H groups in total. The molecule has 0 atom stereocenters. The van der Waals surface area contributed by atoms with Crippen molar-refractivity contribution >= 4 is 0 Å². The highest BCUT2D eigenvalue weighted by molar-refractivity contribution is 5.67. The van der Waals surface area contributed by atoms with Crippen molar-refractivity contribution < 1.29 is 8.96 Å². The first-order chi connectivity index (χ1) is 10.6. The Morgan fingerprint density at radius 3 is 2.32 bits per heavy atom. The van der Waals surface area contributed by atoms with Crippen LogP contribution in [-0.2, 0) is 7.05 Å². The lowest BCUT2D eigenvalue weighted by molar-refractivity contribution is -0.661. The van der Waals surface area contributed by atoms with Crippen LogP contribution in [-0.4, -0.2) is 0 Å². The van der Waals surface area contributed by atoms with Crippen molar-refractivity contribution in [2.24, 2.45) is 7.05 Å². The molecule has 1 nitrogen and oxygen atoms in total. The molecule has 22 heavy (non-hydrogen) atoms. The van der Waals surface area contributed by atoms with Gasteiger partial charge in [-0.25, -0.2) is 0 Å². The van der Waals surface area contributed by atoms with E-state index in [2.05, 4.69) is 6.07 Å². The van der Waals surface area contributed by atoms with E-state index in [4.69, 9.17) is 0 Å². The second-order valence-electron chi connectivity index (χ2n) is 5.72. The lowest BCUT2D eigenvalue weighted by Crippen LogP contribution is -2.32. The summed E-state index contributed by atoms with van der Waals surface area (Å²) in [5.74, 6) is -0.198. The minimum Gasteiger partial charge on any atom is -0.200 e. The quantitative estimate of drug-likeness (QED) is 0.608. The number of benzene rings is 2. The van der Waals surface area contributed by atoms with Crippen molar-refractivity contribution in [3.8, 4) is 22.4 Å². The zero-order valence-corrected chi connectivity index (χ0v) is 13.1. The zero-order chi connectivity index (χ0) is 15.7. The van der Waals surface area contributed by atoms with Crippen LogP contribution in [0.15, 0.2) is 60.8 Å². The Morgan fingerprint density at radius 1 is 0.864 bits per heavy atom. The van der Waals surface area contributed by atoms with Crippen molar-refractivity contribution in [2.45, 2.75) is 13.8 Å². The Bertz CT molecular complexity index is 814. The predicted octanol–water partition coefficient (Wildman–Crippen LogP) is 4.60. The van der Waals surface area contributed by atoms with E-state index in [1.807, 2.05) is 74.1 Å². The number of nitrogens with zero attached hydrogens (tertiary/aromatic N) is 1. The van der Waals surface area contributed by atoms with Gasteiger partial charge in [0.25, 0.3) is 0 Å². The van der Waals surface area contributed by atoms with Crippen LogP contribution in [0.3, 0.4) is 0 Å². The topological polar surface area (TPSA) is 3.88 Å². The predicted molar refractivity (Wildman–Crippen MR) is 87.9 cm³/mol. The molecule has 0 aliphatic rings. The van der Waals surface area contributed by atoms with Gasteiger partial charge in [0.2, 0.25) is 5.69 Å². The summed E-state index contributed by atoms with van der Waals surface area (Å²) in [7, 11) is 1.89. The standard InChI is InChI=1S/C20H19FN/c1-14-7-6-9-16(11-14)17-12-19(21)20(22(3)13-17)18-10-5-4-8-15(18)2/h4-13H,1-3H3/q+1. The van der Waals surface area contributed by atoms with Gasteiger partial charge in [-0.3, -0.25) is 0 Å². The first kappa shape index (κ1) is 14.5. The van der Waals surface area contributed by atoms with Crippen LogP contribution >= 0.6 is 0 Å². The van der Waals surface area contributed by atoms with Gasteiger partial charge in [0, 0.05) is 5.56 Å². The maximum Gasteiger partial charge on any atom is 0.248 e. The van der Waals surface area contributed by atoms with Crippen molar-refractivity contribution in [3.63, 3.8) is 0 Å². The molecule has 0 fully saturated rings. The minimum atomic E-state index is -0.198. The third kappa shape index (κ3) is 2.64. The summed E-state index contributed by atoms with van der Waals surface area (Å²) in [6.45, 7) is 4.05. The zero-order valence-electron chi connectivity index (χ0n) is 13.1. The van der Waals surface area contributed by atoms with E-state index >= 15 is 0 Å². The summed E-state index contributed by atoms with van der Waals surface area (Å²) >= 11 is 0. The fourth-order valence-corrected chi connectivity index (χ4v) is 2.82. The second-order valence-corrected chi connectivity index (χ2v) is 5.72. The van der Waals surface area contributed by atoms with Gasteiger partial charge in [0.1, 0.15) is 7.05 Å². The summed E-state index contributed by atoms with van der Waals surface area (Å²) in [6, 6.07) is 17.6. The van der Waals surface area contributed by atoms with Gasteiger partial charge in [-0.05, 0) is 37.1 Å². The van der Waals surface area contributed by atoms with Gasteiger partial charge in [0.05, 0.1) is 5.56 Å². The van der Waals surface area contributed by atoms with Crippen LogP contribution in [0.4, 0.5) is 4.39 Å². The number of pyridine rings is 1. The van der Waals surface area contributed by atoms with Gasteiger partial charge < -0.3 is 0 Å². The van der Waals surface area contributed by atoms with E-state index in [0.29, 0.717) is 5.69 Å². The second kappa shape index (κ2) is 5.72. The molecule has 0 amide bonds. The SMILES string of the molecule is Cc1cccc(-c2cc(F)c(-c3ccccc3C)[n+](C)c2)c1. The molecule has 3 aromatic rings. The summed E-state index contributed by atoms with van der Waals surface area (Å²) in [5, 5.41) is 0. The minimum absolute atomic E-state index is 0.198. The maximum atomic E-state index is 14.7. The molecule has 0 radical (unpaired) electrons. The average Bonchev–Trinajstić information content (AvgIpc) is 2.48. The number of hydrogen-bond donors (Lipinski definition) is 0. The molecule has 0 aliphatic heterocycles. The summed E-state index contributed by atoms with van der Waals surface area (Å²) in [4.78, 5) is 0. The highest BCUT2D eigenvalue weighted by Gasteiger charge is 2.20. The van der Waals surface area contributed by atoms with Gasteiger partial charge >= 0.3 is 0 Å². The van der Waals surface area contributed by atoms with Crippen LogP contribution in [0, 0.1) is 19.7 Å². The normalized spacial score (nSPS) is 10.7. The number of halogens is 1. The molecule has 0 bridgehead atoms. The molecule has 0 unspecified atom stereocenters. The number of aryl methyl sites for hydroxylation is 3. The maximum absolute atomic E-state index is 14.7. The largest absolute Gasteiger partial charge is 0.248 e. The molecule has 2 heteroatoms. The fourth-order valence-electron chi connectivity index (χ4n) is 2.82. The molecule has 3 rings (SSSR count). The third-order valence-corrected chi connectivity index (χ3v) is 3.95. The van der Waals surface area contributed by atoms with Crippen LogP contribution in [0.25, 0.3) is 22.4 Å². The van der Waals surface area contributed by atoms with Crippen LogP contribution in [0.5, 0.6) is 0 Å². The summed E-state index contributed by atoms with van der Waals surface area (Å²) < 4.78 is 16.6. The number of aromatic nitrogens is 1. The fraction of sp³-hybridized carbons (Fsp3) is 0.150. The Balaban J connectivity index is 2.16. The van der Waals surface area contributed by atoms with E-state index in [0.717, 1.165) is 22.3 Å². The molecular weight excluding hydrogens is 273 g/mol. The van der Waals surface area contributed by atoms with Crippen molar-refractivity contribution in [1.82, 2.24) is 0 Å². The Kier molecular flexibility index (Phi) is 3.76. The first-order valence-electron chi connectivity index (χ1n) is 7.38. The molecule has 2 aromatic carbocycles. The van der Waals surface area contributed by atoms with Crippen LogP contribution in [0.2, 0.25) is 0 Å². The molecule has 0 saturated carbocycles. The molecule has 110 valence electrons. The average molecular weight is 292 g/mol. The highest BCUT2D eigenvalue weighted by atomic mass is 19.1. The van der Waals surface area contributed by atoms with Gasteiger partial charge in [-0.15, -0.1) is 0 Å². The molecule has 1 aromatic heterocycles. The smallest absolute Gasteiger partial charge is 0.200 e. The summed E-state index contributed by atoms with van der Waals surface area (Å²) in [6.07, 6.45) is 1.99. The third-order valence-electron chi connectivity index (χ3n) is 3.95. The monoisotopic (exact) mass is 292 g/mol.